The highest BCUT2D eigenvalue weighted by atomic mass is 16.6. The van der Waals surface area contributed by atoms with Crippen LogP contribution in [-0.4, -0.2) is 72.5 Å². The molecule has 0 aliphatic heterocycles. The Morgan fingerprint density at radius 2 is 0.652 bits per heavy atom. The fourth-order valence-electron chi connectivity index (χ4n) is 1.11. The smallest absolute Gasteiger partial charge is 0.318 e. The Kier molecular flexibility index (Phi) is 44.6. The number of ether oxygens (including phenoxy) is 3. The van der Waals surface area contributed by atoms with E-state index in [-0.39, 0.29) is 67.3 Å². The summed E-state index contributed by atoms with van der Waals surface area (Å²) < 4.78 is 13.3. The van der Waals surface area contributed by atoms with E-state index in [1.54, 1.807) is 41.5 Å². The first-order chi connectivity index (χ1) is 28.3. The molecule has 0 radical (unpaired) electrons. The van der Waals surface area contributed by atoms with Crippen LogP contribution in [0, 0.1) is 55.7 Å². The van der Waals surface area contributed by atoms with Crippen LogP contribution in [0.25, 0.3) is 0 Å². The molecule has 0 aromatic rings. The van der Waals surface area contributed by atoms with Crippen molar-refractivity contribution in [2.75, 3.05) is 14.2 Å². The van der Waals surface area contributed by atoms with Crippen LogP contribution < -0.4 is 0 Å². The number of hydrogen-bond donors (Lipinski definition) is 0. The van der Waals surface area contributed by atoms with Gasteiger partial charge in [-0.3, -0.25) is 33.6 Å². The highest BCUT2D eigenvalue weighted by molar-refractivity contribution is 5.87. The zero-order valence-electron chi connectivity index (χ0n) is 49.0. The number of carbonyl (C=O) groups excluding carboxylic acids is 7. The number of rotatable bonds is 0. The van der Waals surface area contributed by atoms with E-state index in [1.807, 2.05) is 151 Å². The topological polar surface area (TPSA) is 174 Å². The molecule has 0 aromatic carbocycles. The number of ketones is 3. The molecule has 12 heteroatoms. The van der Waals surface area contributed by atoms with Crippen LogP contribution in [0.4, 0.5) is 0 Å². The molecule has 66 heavy (non-hydrogen) atoms. The molecule has 0 aromatic heterocycles. The predicted octanol–water partition coefficient (Wildman–Crippen LogP) is 13.4. The van der Waals surface area contributed by atoms with Crippen molar-refractivity contribution in [2.24, 2.45) is 48.4 Å². The first-order valence-corrected chi connectivity index (χ1v) is 22.0. The summed E-state index contributed by atoms with van der Waals surface area (Å²) in [5.74, 6) is 1.95. The molecule has 0 N–H and O–H groups in total. The Labute approximate surface area is 407 Å². The molecule has 0 saturated heterocycles. The Morgan fingerprint density at radius 1 is 0.470 bits per heavy atom. The van der Waals surface area contributed by atoms with Crippen molar-refractivity contribution >= 4 is 47.9 Å². The van der Waals surface area contributed by atoms with Crippen molar-refractivity contribution in [1.82, 2.24) is 0 Å². The minimum absolute atomic E-state index is 0.0538. The Bertz CT molecular complexity index is 1410. The summed E-state index contributed by atoms with van der Waals surface area (Å²) in [6.45, 7) is 64.4. The number of terminal acetylenes is 1. The van der Waals surface area contributed by atoms with Crippen LogP contribution in [0.1, 0.15) is 215 Å². The molecule has 0 unspecified atom stereocenters. The molecule has 0 aliphatic rings. The second-order valence-electron chi connectivity index (χ2n) is 24.4. The van der Waals surface area contributed by atoms with Crippen molar-refractivity contribution in [3.63, 3.8) is 0 Å². The maximum atomic E-state index is 10.8. The maximum absolute atomic E-state index is 10.8. The van der Waals surface area contributed by atoms with Gasteiger partial charge in [0.2, 0.25) is 0 Å². The van der Waals surface area contributed by atoms with E-state index in [4.69, 9.17) is 6.42 Å². The number of carbonyl (C=O) groups is 7. The molecule has 0 amide bonds. The van der Waals surface area contributed by atoms with E-state index in [9.17, 15) is 33.6 Å². The molecule has 0 rings (SSSR count). The first kappa shape index (κ1) is 81.9. The first-order valence-electron chi connectivity index (χ1n) is 22.0. The minimum Gasteiger partial charge on any atom is -0.469 e. The van der Waals surface area contributed by atoms with Crippen LogP contribution in [0.3, 0.4) is 0 Å². The number of esters is 4. The molecule has 0 aliphatic carbocycles. The minimum atomic E-state index is -0.592. The van der Waals surface area contributed by atoms with Crippen LogP contribution >= 0.6 is 0 Å². The van der Waals surface area contributed by atoms with E-state index in [0.717, 1.165) is 0 Å². The highest BCUT2D eigenvalue weighted by Gasteiger charge is 2.24. The average molecular weight is 942 g/mol. The van der Waals surface area contributed by atoms with Gasteiger partial charge in [0, 0.05) is 33.4 Å². The zero-order valence-corrected chi connectivity index (χ0v) is 49.0. The van der Waals surface area contributed by atoms with Gasteiger partial charge >= 0.3 is 23.9 Å². The van der Waals surface area contributed by atoms with E-state index >= 15 is 0 Å². The third kappa shape index (κ3) is 83.3. The van der Waals surface area contributed by atoms with Crippen LogP contribution in [0.2, 0.25) is 0 Å². The molecule has 0 atom stereocenters. The third-order valence-corrected chi connectivity index (χ3v) is 7.03. The van der Waals surface area contributed by atoms with Gasteiger partial charge in [-0.2, -0.15) is 0 Å². The lowest BCUT2D eigenvalue weighted by molar-refractivity contribution is -0.164. The van der Waals surface area contributed by atoms with Gasteiger partial charge in [0.25, 0.3) is 6.72 Å². The summed E-state index contributed by atoms with van der Waals surface area (Å²) in [6, 6.07) is 0. The molecule has 0 bridgehead atoms. The molecular formula is C54H105N2O10+. The molecular weight excluding hydrogens is 837 g/mol. The lowest BCUT2D eigenvalue weighted by atomic mass is 9.92. The lowest BCUT2D eigenvalue weighted by Crippen LogP contribution is -2.24. The fourth-order valence-corrected chi connectivity index (χ4v) is 1.11. The van der Waals surface area contributed by atoms with Crippen molar-refractivity contribution in [3.8, 4) is 12.3 Å². The molecule has 0 heterocycles. The van der Waals surface area contributed by atoms with Gasteiger partial charge in [0.1, 0.15) is 22.9 Å². The monoisotopic (exact) mass is 942 g/mol. The average Bonchev–Trinajstić information content (AvgIpc) is 3.05. The molecule has 0 spiro atoms. The summed E-state index contributed by atoms with van der Waals surface area (Å²) in [6.07, 6.45) is 6.99. The van der Waals surface area contributed by atoms with Crippen molar-refractivity contribution in [1.29, 1.82) is 0 Å². The van der Waals surface area contributed by atoms with Crippen molar-refractivity contribution < 1.29 is 52.6 Å². The van der Waals surface area contributed by atoms with Crippen molar-refractivity contribution in [2.45, 2.75) is 220 Å². The van der Waals surface area contributed by atoms with Gasteiger partial charge in [0.15, 0.2) is 0 Å². The largest absolute Gasteiger partial charge is 0.469 e. The number of hydrogen-bond acceptors (Lipinski definition) is 11. The van der Waals surface area contributed by atoms with E-state index < -0.39 is 17.4 Å². The highest BCUT2D eigenvalue weighted by Crippen LogP contribution is 2.17. The summed E-state index contributed by atoms with van der Waals surface area (Å²) in [4.78, 5) is 77.1. The van der Waals surface area contributed by atoms with E-state index in [1.165, 1.54) is 21.1 Å². The second kappa shape index (κ2) is 35.9. The predicted molar refractivity (Wildman–Crippen MR) is 277 cm³/mol. The van der Waals surface area contributed by atoms with Crippen LogP contribution in [0.15, 0.2) is 17.8 Å². The van der Waals surface area contributed by atoms with Gasteiger partial charge < -0.3 is 14.2 Å². The maximum Gasteiger partial charge on any atom is 0.318 e. The molecule has 0 saturated carbocycles. The normalized spacial score (nSPS) is 11.0. The van der Waals surface area contributed by atoms with Crippen molar-refractivity contribution in [3.05, 3.63) is 12.7 Å². The summed E-state index contributed by atoms with van der Waals surface area (Å²) in [5, 5.41) is 3.77. The summed E-state index contributed by atoms with van der Waals surface area (Å²) >= 11 is 0. The van der Waals surface area contributed by atoms with Crippen LogP contribution in [-0.2, 0) is 47.8 Å². The van der Waals surface area contributed by atoms with Gasteiger partial charge in [-0.05, 0) is 130 Å². The standard InChI is InChI=1S/C7H12O3.2C6H12O2.3C6H12O.C6H12.C6H10.C5H11N2/c1-5(8)10-6(9)7(2,3)4;2*1-6(2,3)5(7)8-4;3*1-5(7)6(2,3)4;2*1-5-6(2,3)4;1-5(2,3)7-6-4/h1-4H3;2*1-4H3;3*1-4H3;5H,1H2,2-4H3;1H,2-4H3;4H2,1-3H3/q;;;;;;;;+1. The number of nitrogens with zero attached hydrogens (tertiary/aromatic N) is 2. The number of methoxy groups -OCH3 is 2. The van der Waals surface area contributed by atoms with E-state index in [0.29, 0.717) is 5.41 Å². The number of Topliss-reactive ketones (excluding diaryl/α,β-unsaturated/α-hetero) is 3. The molecule has 390 valence electrons. The quantitative estimate of drug-likeness (QED) is 0.0332. The molecule has 12 nitrogen and oxygen atoms in total. The SMILES string of the molecule is C#CC(C)(C)C.C=CC(C)(C)C.C=[N+]=NC(C)(C)C.CC(=O)C(C)(C)C.CC(=O)C(C)(C)C.CC(=O)C(C)(C)C.CC(=O)OC(=O)C(C)(C)C.COC(=O)C(C)(C)C.COC(=O)C(C)(C)C. The fraction of sp³-hybridized carbons (Fsp3) is 0.778. The lowest BCUT2D eigenvalue weighted by Gasteiger charge is -2.13. The summed E-state index contributed by atoms with van der Waals surface area (Å²) in [7, 11) is 2.79. The van der Waals surface area contributed by atoms with Gasteiger partial charge in [-0.25, -0.2) is 0 Å². The summed E-state index contributed by atoms with van der Waals surface area (Å²) in [5.41, 5.74) is -1.39. The second-order valence-corrected chi connectivity index (χ2v) is 24.4. The van der Waals surface area contributed by atoms with Gasteiger partial charge in [-0.1, -0.05) is 89.2 Å². The Morgan fingerprint density at radius 3 is 0.667 bits per heavy atom. The Balaban J connectivity index is -0.0000000794. The van der Waals surface area contributed by atoms with E-state index in [2.05, 4.69) is 64.1 Å². The molecule has 0 fully saturated rings. The van der Waals surface area contributed by atoms with Gasteiger partial charge in [-0.15, -0.1) is 18.9 Å². The third-order valence-electron chi connectivity index (χ3n) is 7.03. The Hall–Kier alpha value is -4.23. The zero-order chi connectivity index (χ0) is 56.5. The number of allylic oxidation sites excluding steroid dienone is 1. The van der Waals surface area contributed by atoms with Gasteiger partial charge in [0.05, 0.1) is 35.6 Å². The van der Waals surface area contributed by atoms with Crippen LogP contribution in [0.5, 0.6) is 0 Å².